The number of morpholine rings is 1. The second kappa shape index (κ2) is 9.13. The van der Waals surface area contributed by atoms with Gasteiger partial charge in [-0.1, -0.05) is 6.07 Å². The normalized spacial score (nSPS) is 20.8. The maximum Gasteiger partial charge on any atom is 0.319 e. The molecule has 0 aliphatic carbocycles. The minimum absolute atomic E-state index is 0.195. The predicted molar refractivity (Wildman–Crippen MR) is 110 cm³/mol. The van der Waals surface area contributed by atoms with Gasteiger partial charge in [-0.2, -0.15) is 0 Å². The molecule has 1 aromatic rings. The Morgan fingerprint density at radius 2 is 1.93 bits per heavy atom. The molecule has 7 nitrogen and oxygen atoms in total. The van der Waals surface area contributed by atoms with Gasteiger partial charge in [0.1, 0.15) is 17.3 Å². The fourth-order valence-electron chi connectivity index (χ4n) is 3.75. The monoisotopic (exact) mass is 404 g/mol. The van der Waals surface area contributed by atoms with E-state index < -0.39 is 17.5 Å². The fourth-order valence-corrected chi connectivity index (χ4v) is 3.75. The molecule has 7 heteroatoms. The number of fused-ring (bicyclic) bond motifs is 1. The molecular weight excluding hydrogens is 372 g/mol. The molecule has 1 amide bonds. The molecule has 2 aliphatic rings. The van der Waals surface area contributed by atoms with Crippen LogP contribution in [-0.4, -0.2) is 68.9 Å². The fraction of sp³-hybridized carbons (Fsp3) is 0.636. The van der Waals surface area contributed by atoms with Gasteiger partial charge in [-0.3, -0.25) is 14.5 Å². The minimum atomic E-state index is -0.794. The lowest BCUT2D eigenvalue weighted by molar-refractivity contribution is -0.162. The van der Waals surface area contributed by atoms with Crippen molar-refractivity contribution in [3.8, 4) is 5.75 Å². The van der Waals surface area contributed by atoms with Gasteiger partial charge in [-0.25, -0.2) is 0 Å². The van der Waals surface area contributed by atoms with Crippen LogP contribution in [0.1, 0.15) is 32.8 Å². The second-order valence-electron chi connectivity index (χ2n) is 8.56. The van der Waals surface area contributed by atoms with Crippen LogP contribution in [0.15, 0.2) is 18.2 Å². The summed E-state index contributed by atoms with van der Waals surface area (Å²) in [5, 5.41) is 0. The number of rotatable bonds is 5. The number of ether oxygens (including phenoxy) is 3. The summed E-state index contributed by atoms with van der Waals surface area (Å²) in [5.41, 5.74) is 1.25. The molecule has 1 fully saturated rings. The first kappa shape index (κ1) is 21.6. The molecule has 0 aromatic heterocycles. The van der Waals surface area contributed by atoms with Crippen LogP contribution < -0.4 is 9.64 Å². The second-order valence-corrected chi connectivity index (χ2v) is 8.56. The number of esters is 1. The molecule has 1 unspecified atom stereocenters. The van der Waals surface area contributed by atoms with Crippen LogP contribution in [0.25, 0.3) is 0 Å². The van der Waals surface area contributed by atoms with Crippen molar-refractivity contribution in [1.82, 2.24) is 4.90 Å². The number of carbonyl (C=O) groups excluding carboxylic acids is 2. The van der Waals surface area contributed by atoms with E-state index in [1.165, 1.54) is 0 Å². The van der Waals surface area contributed by atoms with Gasteiger partial charge in [0.05, 0.1) is 26.0 Å². The number of hydrogen-bond donors (Lipinski definition) is 0. The largest absolute Gasteiger partial charge is 0.497 e. The van der Waals surface area contributed by atoms with Crippen LogP contribution >= 0.6 is 0 Å². The Morgan fingerprint density at radius 3 is 2.59 bits per heavy atom. The van der Waals surface area contributed by atoms with Gasteiger partial charge in [0.25, 0.3) is 0 Å². The Hall–Kier alpha value is -2.12. The summed E-state index contributed by atoms with van der Waals surface area (Å²) >= 11 is 0. The third-order valence-electron chi connectivity index (χ3n) is 5.28. The molecule has 2 aliphatic heterocycles. The summed E-state index contributed by atoms with van der Waals surface area (Å²) in [6.07, 6.45) is 1.09. The van der Waals surface area contributed by atoms with E-state index in [1.54, 1.807) is 12.0 Å². The van der Waals surface area contributed by atoms with E-state index in [0.29, 0.717) is 38.3 Å². The lowest BCUT2D eigenvalue weighted by Gasteiger charge is -2.31. The van der Waals surface area contributed by atoms with Gasteiger partial charge in [0.15, 0.2) is 0 Å². The maximum absolute atomic E-state index is 13.4. The van der Waals surface area contributed by atoms with Crippen LogP contribution in [0.5, 0.6) is 5.75 Å². The van der Waals surface area contributed by atoms with E-state index in [1.807, 2.05) is 39.0 Å². The van der Waals surface area contributed by atoms with Crippen LogP contribution in [0.2, 0.25) is 0 Å². The number of hydrogen-bond acceptors (Lipinski definition) is 6. The topological polar surface area (TPSA) is 68.3 Å². The Balaban J connectivity index is 1.86. The standard InChI is InChI=1S/C22H32N2O5/c1-22(2,3)29-21(26)18-8-6-16-5-7-17(27-4)15-19(16)24(20(18)25)10-9-23-11-13-28-14-12-23/h5,7,15,18H,6,8-14H2,1-4H3. The number of methoxy groups -OCH3 is 1. The van der Waals surface area contributed by atoms with Gasteiger partial charge in [0.2, 0.25) is 5.91 Å². The van der Waals surface area contributed by atoms with Crippen molar-refractivity contribution < 1.29 is 23.8 Å². The van der Waals surface area contributed by atoms with Crippen LogP contribution in [0.4, 0.5) is 5.69 Å². The number of anilines is 1. The summed E-state index contributed by atoms with van der Waals surface area (Å²) in [5.74, 6) is -0.737. The number of carbonyl (C=O) groups is 2. The molecule has 29 heavy (non-hydrogen) atoms. The van der Waals surface area contributed by atoms with Gasteiger partial charge in [0, 0.05) is 32.2 Å². The van der Waals surface area contributed by atoms with E-state index in [2.05, 4.69) is 4.90 Å². The first-order valence-electron chi connectivity index (χ1n) is 10.3. The van der Waals surface area contributed by atoms with Crippen molar-refractivity contribution in [3.05, 3.63) is 23.8 Å². The van der Waals surface area contributed by atoms with Crippen LogP contribution in [-0.2, 0) is 25.5 Å². The quantitative estimate of drug-likeness (QED) is 0.554. The summed E-state index contributed by atoms with van der Waals surface area (Å²) in [6.45, 7) is 9.82. The van der Waals surface area contributed by atoms with Crippen LogP contribution in [0, 0.1) is 5.92 Å². The molecule has 0 bridgehead atoms. The first-order chi connectivity index (χ1) is 13.8. The number of aryl methyl sites for hydroxylation is 1. The third kappa shape index (κ3) is 5.48. The minimum Gasteiger partial charge on any atom is -0.497 e. The molecule has 1 atom stereocenters. The Labute approximate surface area is 172 Å². The molecule has 1 aromatic carbocycles. The van der Waals surface area contributed by atoms with Gasteiger partial charge in [-0.05, 0) is 45.2 Å². The van der Waals surface area contributed by atoms with Crippen molar-refractivity contribution in [2.75, 3.05) is 51.4 Å². The lowest BCUT2D eigenvalue weighted by atomic mass is 10.00. The van der Waals surface area contributed by atoms with Crippen molar-refractivity contribution in [3.63, 3.8) is 0 Å². The van der Waals surface area contributed by atoms with E-state index >= 15 is 0 Å². The number of nitrogens with zero attached hydrogens (tertiary/aromatic N) is 2. The molecular formula is C22H32N2O5. The molecule has 0 radical (unpaired) electrons. The van der Waals surface area contributed by atoms with E-state index in [-0.39, 0.29) is 5.91 Å². The zero-order valence-electron chi connectivity index (χ0n) is 17.9. The number of amides is 1. The van der Waals surface area contributed by atoms with Crippen molar-refractivity contribution in [1.29, 1.82) is 0 Å². The maximum atomic E-state index is 13.4. The molecule has 160 valence electrons. The van der Waals surface area contributed by atoms with Crippen molar-refractivity contribution >= 4 is 17.6 Å². The summed E-state index contributed by atoms with van der Waals surface area (Å²) in [6, 6.07) is 5.78. The average Bonchev–Trinajstić information content (AvgIpc) is 2.81. The Kier molecular flexibility index (Phi) is 6.80. The van der Waals surface area contributed by atoms with Gasteiger partial charge >= 0.3 is 5.97 Å². The average molecular weight is 405 g/mol. The SMILES string of the molecule is COc1ccc2c(c1)N(CCN1CCOCC1)C(=O)C(C(=O)OC(C)(C)C)CC2. The highest BCUT2D eigenvalue weighted by atomic mass is 16.6. The molecule has 2 heterocycles. The van der Waals surface area contributed by atoms with Gasteiger partial charge in [-0.15, -0.1) is 0 Å². The highest BCUT2D eigenvalue weighted by Crippen LogP contribution is 2.33. The Morgan fingerprint density at radius 1 is 1.21 bits per heavy atom. The van der Waals surface area contributed by atoms with E-state index in [0.717, 1.165) is 30.9 Å². The van der Waals surface area contributed by atoms with Gasteiger partial charge < -0.3 is 19.1 Å². The smallest absolute Gasteiger partial charge is 0.319 e. The highest BCUT2D eigenvalue weighted by molar-refractivity contribution is 6.07. The van der Waals surface area contributed by atoms with Crippen molar-refractivity contribution in [2.45, 2.75) is 39.2 Å². The molecule has 1 saturated heterocycles. The molecule has 0 saturated carbocycles. The van der Waals surface area contributed by atoms with E-state index in [9.17, 15) is 9.59 Å². The summed E-state index contributed by atoms with van der Waals surface area (Å²) in [4.78, 5) is 30.3. The van der Waals surface area contributed by atoms with Crippen molar-refractivity contribution in [2.24, 2.45) is 5.92 Å². The predicted octanol–water partition coefficient (Wildman–Crippen LogP) is 2.26. The lowest BCUT2D eigenvalue weighted by Crippen LogP contribution is -2.46. The highest BCUT2D eigenvalue weighted by Gasteiger charge is 2.37. The number of benzene rings is 1. The zero-order valence-corrected chi connectivity index (χ0v) is 17.9. The third-order valence-corrected chi connectivity index (χ3v) is 5.28. The first-order valence-corrected chi connectivity index (χ1v) is 10.3. The summed E-state index contributed by atoms with van der Waals surface area (Å²) < 4.78 is 16.3. The zero-order chi connectivity index (χ0) is 21.0. The summed E-state index contributed by atoms with van der Waals surface area (Å²) in [7, 11) is 1.61. The molecule has 0 spiro atoms. The van der Waals surface area contributed by atoms with Crippen LogP contribution in [0.3, 0.4) is 0 Å². The molecule has 0 N–H and O–H groups in total. The Bertz CT molecular complexity index is 737. The van der Waals surface area contributed by atoms with E-state index in [4.69, 9.17) is 14.2 Å². The molecule has 3 rings (SSSR count).